The number of nitrogens with one attached hydrogen (secondary N) is 2. The number of aromatic nitrogens is 2. The van der Waals surface area contributed by atoms with Gasteiger partial charge in [-0.15, -0.1) is 0 Å². The van der Waals surface area contributed by atoms with E-state index in [0.29, 0.717) is 29.7 Å². The van der Waals surface area contributed by atoms with Crippen LogP contribution in [0.5, 0.6) is 5.75 Å². The highest BCUT2D eigenvalue weighted by Crippen LogP contribution is 2.51. The van der Waals surface area contributed by atoms with E-state index < -0.39 is 15.6 Å². The summed E-state index contributed by atoms with van der Waals surface area (Å²) in [7, 11) is -2.16. The van der Waals surface area contributed by atoms with Crippen molar-refractivity contribution in [1.82, 2.24) is 14.3 Å². The standard InChI is InChI=1S/C21H23N3O5S/c1-29-15-4-2-3-14(9-15)21(26)8-7-13-11-24(12-17(13)21)30(27,28)16-5-6-18-19(10-16)23-20(25)22-18/h2-6,9-10,13,17,26H,7-8,11-12H2,1H3,(H2,22,23,25)/t13-,17+,21+/m0/s1. The van der Waals surface area contributed by atoms with E-state index in [4.69, 9.17) is 4.74 Å². The number of nitrogens with zero attached hydrogens (tertiary/aromatic N) is 1. The Hall–Kier alpha value is -2.62. The number of aromatic amines is 2. The lowest BCUT2D eigenvalue weighted by Gasteiger charge is -2.31. The van der Waals surface area contributed by atoms with Gasteiger partial charge in [-0.05, 0) is 54.7 Å². The van der Waals surface area contributed by atoms with E-state index in [2.05, 4.69) is 9.97 Å². The number of aliphatic hydroxyl groups is 1. The van der Waals surface area contributed by atoms with Gasteiger partial charge in [0.1, 0.15) is 5.75 Å². The van der Waals surface area contributed by atoms with Crippen LogP contribution in [-0.2, 0) is 15.6 Å². The van der Waals surface area contributed by atoms with Crippen molar-refractivity contribution in [3.8, 4) is 5.75 Å². The van der Waals surface area contributed by atoms with Gasteiger partial charge in [0.15, 0.2) is 0 Å². The minimum atomic E-state index is -3.75. The van der Waals surface area contributed by atoms with E-state index in [1.54, 1.807) is 13.2 Å². The maximum Gasteiger partial charge on any atom is 0.323 e. The van der Waals surface area contributed by atoms with E-state index >= 15 is 0 Å². The molecule has 30 heavy (non-hydrogen) atoms. The van der Waals surface area contributed by atoms with Crippen LogP contribution in [-0.4, -0.2) is 48.0 Å². The first kappa shape index (κ1) is 19.3. The van der Waals surface area contributed by atoms with E-state index in [0.717, 1.165) is 12.0 Å². The Labute approximate surface area is 173 Å². The zero-order valence-corrected chi connectivity index (χ0v) is 17.3. The Morgan fingerprint density at radius 3 is 2.73 bits per heavy atom. The minimum Gasteiger partial charge on any atom is -0.497 e. The van der Waals surface area contributed by atoms with Crippen LogP contribution in [0.25, 0.3) is 11.0 Å². The molecule has 3 N–H and O–H groups in total. The first-order chi connectivity index (χ1) is 14.3. The topological polar surface area (TPSA) is 115 Å². The quantitative estimate of drug-likeness (QED) is 0.585. The average molecular weight is 429 g/mol. The first-order valence-corrected chi connectivity index (χ1v) is 11.3. The molecule has 2 fully saturated rings. The molecule has 0 bridgehead atoms. The number of ether oxygens (including phenoxy) is 1. The highest BCUT2D eigenvalue weighted by atomic mass is 32.2. The molecule has 0 amide bonds. The van der Waals surface area contributed by atoms with Crippen LogP contribution in [0.1, 0.15) is 18.4 Å². The van der Waals surface area contributed by atoms with E-state index in [1.807, 2.05) is 24.3 Å². The molecule has 1 aliphatic heterocycles. The lowest BCUT2D eigenvalue weighted by Crippen LogP contribution is -2.36. The summed E-state index contributed by atoms with van der Waals surface area (Å²) >= 11 is 0. The van der Waals surface area contributed by atoms with Gasteiger partial charge in [0.25, 0.3) is 0 Å². The van der Waals surface area contributed by atoms with Crippen molar-refractivity contribution in [2.75, 3.05) is 20.2 Å². The lowest BCUT2D eigenvalue weighted by atomic mass is 9.82. The predicted octanol–water partition coefficient (Wildman–Crippen LogP) is 1.78. The van der Waals surface area contributed by atoms with Crippen LogP contribution in [0.4, 0.5) is 0 Å². The fourth-order valence-electron chi connectivity index (χ4n) is 5.02. The van der Waals surface area contributed by atoms with Crippen molar-refractivity contribution in [2.24, 2.45) is 11.8 Å². The average Bonchev–Trinajstić information content (AvgIpc) is 3.42. The van der Waals surface area contributed by atoms with Crippen molar-refractivity contribution in [3.63, 3.8) is 0 Å². The molecule has 2 heterocycles. The maximum absolute atomic E-state index is 13.3. The molecule has 0 radical (unpaired) electrons. The number of H-pyrrole nitrogens is 2. The number of fused-ring (bicyclic) bond motifs is 2. The monoisotopic (exact) mass is 429 g/mol. The molecule has 8 nitrogen and oxygen atoms in total. The van der Waals surface area contributed by atoms with E-state index in [9.17, 15) is 18.3 Å². The Balaban J connectivity index is 1.46. The second-order valence-corrected chi connectivity index (χ2v) is 10.1. The summed E-state index contributed by atoms with van der Waals surface area (Å²) in [5.74, 6) is 0.572. The molecular weight excluding hydrogens is 406 g/mol. The van der Waals surface area contributed by atoms with Crippen LogP contribution in [0, 0.1) is 11.8 Å². The molecular formula is C21H23N3O5S. The van der Waals surface area contributed by atoms with E-state index in [1.165, 1.54) is 16.4 Å². The first-order valence-electron chi connectivity index (χ1n) is 9.90. The molecule has 3 atom stereocenters. The second-order valence-electron chi connectivity index (χ2n) is 8.17. The highest BCUT2D eigenvalue weighted by Gasteiger charge is 2.54. The van der Waals surface area contributed by atoms with Gasteiger partial charge in [-0.3, -0.25) is 0 Å². The molecule has 2 aromatic carbocycles. The molecule has 1 aromatic heterocycles. The summed E-state index contributed by atoms with van der Waals surface area (Å²) in [5, 5.41) is 11.5. The molecule has 1 saturated carbocycles. The largest absolute Gasteiger partial charge is 0.497 e. The van der Waals surface area contributed by atoms with Crippen LogP contribution < -0.4 is 10.4 Å². The summed E-state index contributed by atoms with van der Waals surface area (Å²) < 4.78 is 33.3. The number of hydrogen-bond donors (Lipinski definition) is 3. The highest BCUT2D eigenvalue weighted by molar-refractivity contribution is 7.89. The van der Waals surface area contributed by atoms with Crippen LogP contribution in [0.2, 0.25) is 0 Å². The number of methoxy groups -OCH3 is 1. The third-order valence-corrected chi connectivity index (χ3v) is 8.44. The van der Waals surface area contributed by atoms with Gasteiger partial charge < -0.3 is 19.8 Å². The van der Waals surface area contributed by atoms with E-state index in [-0.39, 0.29) is 29.0 Å². The summed E-state index contributed by atoms with van der Waals surface area (Å²) in [4.78, 5) is 16.8. The fourth-order valence-corrected chi connectivity index (χ4v) is 6.57. The summed E-state index contributed by atoms with van der Waals surface area (Å²) in [5.41, 5.74) is 0.316. The fraction of sp³-hybridized carbons (Fsp3) is 0.381. The van der Waals surface area contributed by atoms with Crippen molar-refractivity contribution in [3.05, 3.63) is 58.5 Å². The Morgan fingerprint density at radius 1 is 1.13 bits per heavy atom. The normalized spacial score (nSPS) is 26.9. The molecule has 3 aromatic rings. The lowest BCUT2D eigenvalue weighted by molar-refractivity contribution is -0.00416. The molecule has 1 aliphatic carbocycles. The number of benzene rings is 2. The maximum atomic E-state index is 13.3. The Morgan fingerprint density at radius 2 is 1.93 bits per heavy atom. The SMILES string of the molecule is COc1cccc([C@]2(O)CC[C@H]3CN(S(=O)(=O)c4ccc5[nH]c(=O)[nH]c5c4)C[C@H]32)c1. The van der Waals surface area contributed by atoms with Gasteiger partial charge in [-0.25, -0.2) is 13.2 Å². The van der Waals surface area contributed by atoms with Crippen LogP contribution in [0.3, 0.4) is 0 Å². The summed E-state index contributed by atoms with van der Waals surface area (Å²) in [6.07, 6.45) is 1.36. The third-order valence-electron chi connectivity index (χ3n) is 6.61. The third kappa shape index (κ3) is 2.88. The van der Waals surface area contributed by atoms with Gasteiger partial charge >= 0.3 is 5.69 Å². The smallest absolute Gasteiger partial charge is 0.323 e. The van der Waals surface area contributed by atoms with Gasteiger partial charge in [0.2, 0.25) is 10.0 Å². The minimum absolute atomic E-state index is 0.0896. The van der Waals surface area contributed by atoms with Crippen molar-refractivity contribution >= 4 is 21.1 Å². The van der Waals surface area contributed by atoms with Crippen molar-refractivity contribution in [2.45, 2.75) is 23.3 Å². The molecule has 5 rings (SSSR count). The predicted molar refractivity (Wildman–Crippen MR) is 111 cm³/mol. The van der Waals surface area contributed by atoms with Gasteiger partial charge in [0, 0.05) is 19.0 Å². The Kier molecular flexibility index (Phi) is 4.32. The van der Waals surface area contributed by atoms with Gasteiger partial charge in [0.05, 0.1) is 28.6 Å². The summed E-state index contributed by atoms with van der Waals surface area (Å²) in [6.45, 7) is 0.628. The summed E-state index contributed by atoms with van der Waals surface area (Å²) in [6, 6.07) is 11.9. The zero-order valence-electron chi connectivity index (χ0n) is 16.5. The Bertz CT molecular complexity index is 1280. The second kappa shape index (κ2) is 6.69. The van der Waals surface area contributed by atoms with Crippen molar-refractivity contribution < 1.29 is 18.3 Å². The van der Waals surface area contributed by atoms with Gasteiger partial charge in [-0.2, -0.15) is 4.31 Å². The molecule has 0 unspecified atom stereocenters. The number of hydrogen-bond acceptors (Lipinski definition) is 5. The molecule has 1 saturated heterocycles. The molecule has 9 heteroatoms. The number of sulfonamides is 1. The van der Waals surface area contributed by atoms with Crippen molar-refractivity contribution in [1.29, 1.82) is 0 Å². The zero-order chi connectivity index (χ0) is 21.1. The molecule has 0 spiro atoms. The molecule has 2 aliphatic rings. The number of rotatable bonds is 4. The molecule has 158 valence electrons. The van der Waals surface area contributed by atoms with Crippen LogP contribution in [0.15, 0.2) is 52.2 Å². The van der Waals surface area contributed by atoms with Gasteiger partial charge in [-0.1, -0.05) is 12.1 Å². The number of imidazole rings is 1. The van der Waals surface area contributed by atoms with Crippen LogP contribution >= 0.6 is 0 Å².